The summed E-state index contributed by atoms with van der Waals surface area (Å²) < 4.78 is -0.0288. The SMILES string of the molecule is C[C@@H](C(=O)[OH2+])N(C)C(=O)CCC(C)(C)SSCCCON. The minimum Gasteiger partial charge on any atom is -0.563 e. The lowest BCUT2D eigenvalue weighted by atomic mass is 10.1. The Balaban J connectivity index is 4.06. The van der Waals surface area contributed by atoms with Crippen LogP contribution in [0.5, 0.6) is 0 Å². The van der Waals surface area contributed by atoms with E-state index < -0.39 is 12.0 Å². The van der Waals surface area contributed by atoms with Crippen molar-refractivity contribution in [1.82, 2.24) is 4.90 Å². The zero-order chi connectivity index (χ0) is 16.5. The van der Waals surface area contributed by atoms with Gasteiger partial charge in [0.1, 0.15) is 0 Å². The van der Waals surface area contributed by atoms with Gasteiger partial charge >= 0.3 is 5.97 Å². The van der Waals surface area contributed by atoms with Crippen molar-refractivity contribution in [3.8, 4) is 0 Å². The highest BCUT2D eigenvalue weighted by atomic mass is 33.1. The zero-order valence-corrected chi connectivity index (χ0v) is 14.8. The van der Waals surface area contributed by atoms with E-state index in [1.807, 2.05) is 0 Å². The average molecular weight is 340 g/mol. The van der Waals surface area contributed by atoms with E-state index in [-0.39, 0.29) is 10.7 Å². The van der Waals surface area contributed by atoms with Gasteiger partial charge in [0.2, 0.25) is 5.91 Å². The quantitative estimate of drug-likeness (QED) is 0.264. The van der Waals surface area contributed by atoms with Gasteiger partial charge in [-0.05, 0) is 33.6 Å². The Labute approximate surface area is 134 Å². The molecule has 0 aliphatic heterocycles. The van der Waals surface area contributed by atoms with Crippen LogP contribution < -0.4 is 5.90 Å². The molecule has 6 nitrogen and oxygen atoms in total. The van der Waals surface area contributed by atoms with Crippen molar-refractivity contribution >= 4 is 33.5 Å². The fourth-order valence-corrected chi connectivity index (χ4v) is 4.05. The number of rotatable bonds is 11. The molecule has 124 valence electrons. The van der Waals surface area contributed by atoms with Crippen LogP contribution in [0.1, 0.15) is 40.0 Å². The Hall–Kier alpha value is -0.440. The maximum atomic E-state index is 12.0. The molecule has 0 spiro atoms. The molecular weight excluding hydrogens is 312 g/mol. The number of likely N-dealkylation sites (N-methyl/N-ethyl adjacent to an activating group) is 1. The molecule has 0 saturated carbocycles. The van der Waals surface area contributed by atoms with Gasteiger partial charge in [-0.25, -0.2) is 5.90 Å². The van der Waals surface area contributed by atoms with Crippen LogP contribution in [0.3, 0.4) is 0 Å². The van der Waals surface area contributed by atoms with E-state index >= 15 is 0 Å². The van der Waals surface area contributed by atoms with Gasteiger partial charge in [-0.1, -0.05) is 21.6 Å². The summed E-state index contributed by atoms with van der Waals surface area (Å²) in [7, 11) is 5.06. The molecule has 0 radical (unpaired) electrons. The molecule has 1 amide bonds. The van der Waals surface area contributed by atoms with E-state index in [9.17, 15) is 9.59 Å². The Morgan fingerprint density at radius 3 is 2.57 bits per heavy atom. The number of nitrogens with two attached hydrogens (primary N) is 1. The largest absolute Gasteiger partial charge is 0.563 e. The van der Waals surface area contributed by atoms with Crippen LogP contribution in [0, 0.1) is 0 Å². The molecule has 8 heteroatoms. The van der Waals surface area contributed by atoms with E-state index in [4.69, 9.17) is 11.0 Å². The van der Waals surface area contributed by atoms with Gasteiger partial charge in [0.05, 0.1) is 6.61 Å². The van der Waals surface area contributed by atoms with Crippen molar-refractivity contribution in [2.75, 3.05) is 19.4 Å². The van der Waals surface area contributed by atoms with Gasteiger partial charge in [0.15, 0.2) is 6.04 Å². The van der Waals surface area contributed by atoms with Gasteiger partial charge < -0.3 is 14.8 Å². The van der Waals surface area contributed by atoms with Crippen LogP contribution in [-0.2, 0) is 14.4 Å². The topological polar surface area (TPSA) is 95.5 Å². The monoisotopic (exact) mass is 339 g/mol. The highest BCUT2D eigenvalue weighted by Crippen LogP contribution is 2.39. The third kappa shape index (κ3) is 9.23. The fraction of sp³-hybridized carbons (Fsp3) is 0.846. The highest BCUT2D eigenvalue weighted by molar-refractivity contribution is 8.77. The second kappa shape index (κ2) is 10.3. The molecule has 0 aromatic heterocycles. The standard InChI is InChI=1S/C13H26N2O4S2/c1-10(12(17)18)15(4)11(16)6-7-13(2,3)21-20-9-5-8-19-14/h10H,5-9,14H2,1-4H3,(H,17,18)/p+1/t10-/m0/s1. The van der Waals surface area contributed by atoms with E-state index in [1.54, 1.807) is 35.6 Å². The Morgan fingerprint density at radius 1 is 1.43 bits per heavy atom. The third-order valence-corrected chi connectivity index (χ3v) is 6.50. The molecule has 4 N–H and O–H groups in total. The van der Waals surface area contributed by atoms with Crippen LogP contribution in [0.15, 0.2) is 0 Å². The Bertz CT molecular complexity index is 340. The van der Waals surface area contributed by atoms with Crippen LogP contribution in [0.2, 0.25) is 0 Å². The predicted molar refractivity (Wildman–Crippen MR) is 89.0 cm³/mol. The molecule has 0 rings (SSSR count). The molecule has 0 aromatic rings. The van der Waals surface area contributed by atoms with Crippen LogP contribution in [0.25, 0.3) is 0 Å². The first-order valence-corrected chi connectivity index (χ1v) is 9.16. The predicted octanol–water partition coefficient (Wildman–Crippen LogP) is 1.31. The highest BCUT2D eigenvalue weighted by Gasteiger charge is 2.28. The van der Waals surface area contributed by atoms with Crippen molar-refractivity contribution in [3.05, 3.63) is 0 Å². The molecule has 0 heterocycles. The molecular formula is C13H27N2O4S2+. The van der Waals surface area contributed by atoms with Crippen molar-refractivity contribution in [1.29, 1.82) is 0 Å². The number of amides is 1. The summed E-state index contributed by atoms with van der Waals surface area (Å²) in [5, 5.41) is 7.05. The van der Waals surface area contributed by atoms with Gasteiger partial charge in [0, 0.05) is 28.8 Å². The van der Waals surface area contributed by atoms with Gasteiger partial charge in [0.25, 0.3) is 0 Å². The Kier molecular flexibility index (Phi) is 10.1. The summed E-state index contributed by atoms with van der Waals surface area (Å²) in [6, 6.07) is -0.682. The fourth-order valence-electron chi connectivity index (χ4n) is 1.42. The summed E-state index contributed by atoms with van der Waals surface area (Å²) in [6.07, 6.45) is 2.00. The van der Waals surface area contributed by atoms with Crippen molar-refractivity contribution in [3.63, 3.8) is 0 Å². The van der Waals surface area contributed by atoms with Crippen molar-refractivity contribution in [2.24, 2.45) is 5.90 Å². The number of hydrogen-bond acceptors (Lipinski definition) is 6. The van der Waals surface area contributed by atoms with Gasteiger partial charge in [-0.3, -0.25) is 4.79 Å². The minimum atomic E-state index is -0.739. The van der Waals surface area contributed by atoms with Crippen LogP contribution >= 0.6 is 21.6 Å². The maximum Gasteiger partial charge on any atom is 0.538 e. The lowest BCUT2D eigenvalue weighted by Crippen LogP contribution is -2.40. The first kappa shape index (κ1) is 20.6. The molecule has 0 aromatic carbocycles. The average Bonchev–Trinajstić information content (AvgIpc) is 2.42. The van der Waals surface area contributed by atoms with Gasteiger partial charge in [-0.2, -0.15) is 0 Å². The maximum absolute atomic E-state index is 12.0. The summed E-state index contributed by atoms with van der Waals surface area (Å²) in [6.45, 7) is 6.31. The molecule has 0 bridgehead atoms. The number of carbonyl (C=O) groups excluding carboxylic acids is 2. The molecule has 0 fully saturated rings. The molecule has 0 saturated heterocycles. The number of carbonyl (C=O) groups is 2. The second-order valence-corrected chi connectivity index (χ2v) is 8.56. The minimum absolute atomic E-state index is 0.0288. The molecule has 1 atom stereocenters. The van der Waals surface area contributed by atoms with E-state index in [2.05, 4.69) is 18.7 Å². The lowest BCUT2D eigenvalue weighted by molar-refractivity contribution is -0.148. The summed E-state index contributed by atoms with van der Waals surface area (Å²) >= 11 is 0. The molecule has 21 heavy (non-hydrogen) atoms. The zero-order valence-electron chi connectivity index (χ0n) is 13.2. The second-order valence-electron chi connectivity index (χ2n) is 5.43. The van der Waals surface area contributed by atoms with Crippen molar-refractivity contribution < 1.29 is 19.5 Å². The number of hydrogen-bond donors (Lipinski definition) is 1. The molecule has 0 aliphatic carbocycles. The van der Waals surface area contributed by atoms with Gasteiger partial charge in [-0.15, -0.1) is 0 Å². The van der Waals surface area contributed by atoms with Crippen LogP contribution in [-0.4, -0.2) is 52.1 Å². The smallest absolute Gasteiger partial charge is 0.538 e. The van der Waals surface area contributed by atoms with Crippen LogP contribution in [0.4, 0.5) is 0 Å². The first-order chi connectivity index (χ1) is 9.71. The first-order valence-electron chi connectivity index (χ1n) is 6.84. The van der Waals surface area contributed by atoms with E-state index in [0.29, 0.717) is 13.0 Å². The molecule has 0 unspecified atom stereocenters. The Morgan fingerprint density at radius 2 is 2.05 bits per heavy atom. The summed E-state index contributed by atoms with van der Waals surface area (Å²) in [4.78, 5) is 28.8. The summed E-state index contributed by atoms with van der Waals surface area (Å²) in [5.74, 6) is 5.07. The third-order valence-electron chi connectivity index (χ3n) is 3.07. The van der Waals surface area contributed by atoms with E-state index in [1.165, 1.54) is 4.90 Å². The lowest BCUT2D eigenvalue weighted by Gasteiger charge is -2.25. The number of nitrogens with zero attached hydrogens (tertiary/aromatic N) is 1. The van der Waals surface area contributed by atoms with Crippen molar-refractivity contribution in [2.45, 2.75) is 50.8 Å². The molecule has 0 aliphatic rings. The normalized spacial score (nSPS) is 13.0. The van der Waals surface area contributed by atoms with E-state index in [0.717, 1.165) is 18.6 Å². The summed E-state index contributed by atoms with van der Waals surface area (Å²) in [5.41, 5.74) is 0.